The predicted molar refractivity (Wildman–Crippen MR) is 67.3 cm³/mol. The molecule has 7 heteroatoms. The fourth-order valence-electron chi connectivity index (χ4n) is 1.89. The van der Waals surface area contributed by atoms with Crippen molar-refractivity contribution in [1.82, 2.24) is 4.72 Å². The summed E-state index contributed by atoms with van der Waals surface area (Å²) >= 11 is 0. The van der Waals surface area contributed by atoms with Crippen LogP contribution in [0, 0.1) is 0 Å². The maximum Gasteiger partial charge on any atom is 0.339 e. The molecule has 104 valence electrons. The molecular formula is C12H15NO5S. The van der Waals surface area contributed by atoms with E-state index >= 15 is 0 Å². The molecule has 6 nitrogen and oxygen atoms in total. The monoisotopic (exact) mass is 285 g/mol. The van der Waals surface area contributed by atoms with Crippen LogP contribution in [0.4, 0.5) is 0 Å². The number of hydrogen-bond acceptors (Lipinski definition) is 5. The van der Waals surface area contributed by atoms with Crippen LogP contribution in [0.25, 0.3) is 0 Å². The van der Waals surface area contributed by atoms with Gasteiger partial charge in [-0.3, -0.25) is 0 Å². The van der Waals surface area contributed by atoms with Crippen LogP contribution in [0.3, 0.4) is 0 Å². The van der Waals surface area contributed by atoms with Gasteiger partial charge in [-0.05, 0) is 18.6 Å². The zero-order valence-corrected chi connectivity index (χ0v) is 11.3. The number of esters is 1. The number of rotatable bonds is 4. The summed E-state index contributed by atoms with van der Waals surface area (Å²) in [5, 5.41) is 0. The summed E-state index contributed by atoms with van der Waals surface area (Å²) in [6.45, 7) is 0.880. The molecule has 1 saturated heterocycles. The van der Waals surface area contributed by atoms with E-state index in [2.05, 4.69) is 9.46 Å². The lowest BCUT2D eigenvalue weighted by Gasteiger charge is -2.13. The fraction of sp³-hybridized carbons (Fsp3) is 0.417. The number of benzene rings is 1. The van der Waals surface area contributed by atoms with Gasteiger partial charge in [-0.1, -0.05) is 12.1 Å². The van der Waals surface area contributed by atoms with Gasteiger partial charge in [-0.2, -0.15) is 0 Å². The van der Waals surface area contributed by atoms with Crippen molar-refractivity contribution < 1.29 is 22.7 Å². The highest BCUT2D eigenvalue weighted by Crippen LogP contribution is 2.18. The second-order valence-electron chi connectivity index (χ2n) is 4.17. The molecule has 0 aliphatic carbocycles. The van der Waals surface area contributed by atoms with Gasteiger partial charge < -0.3 is 9.47 Å². The Labute approximate surface area is 111 Å². The lowest BCUT2D eigenvalue weighted by atomic mass is 10.2. The molecule has 1 aliphatic rings. The van der Waals surface area contributed by atoms with E-state index < -0.39 is 16.0 Å². The number of sulfonamides is 1. The van der Waals surface area contributed by atoms with E-state index in [0.717, 1.165) is 0 Å². The van der Waals surface area contributed by atoms with E-state index in [-0.39, 0.29) is 16.5 Å². The van der Waals surface area contributed by atoms with Crippen LogP contribution in [0.1, 0.15) is 16.8 Å². The second-order valence-corrected chi connectivity index (χ2v) is 5.85. The van der Waals surface area contributed by atoms with Gasteiger partial charge in [0.25, 0.3) is 0 Å². The molecule has 19 heavy (non-hydrogen) atoms. The Balaban J connectivity index is 2.31. The predicted octanol–water partition coefficient (Wildman–Crippen LogP) is 0.540. The van der Waals surface area contributed by atoms with Crippen LogP contribution in [-0.2, 0) is 19.5 Å². The van der Waals surface area contributed by atoms with E-state index in [0.29, 0.717) is 19.6 Å². The molecular weight excluding hydrogens is 270 g/mol. The molecule has 0 aromatic heterocycles. The van der Waals surface area contributed by atoms with Gasteiger partial charge in [-0.15, -0.1) is 0 Å². The highest BCUT2D eigenvalue weighted by atomic mass is 32.2. The number of nitrogens with one attached hydrogen (secondary N) is 1. The van der Waals surface area contributed by atoms with E-state index in [4.69, 9.17) is 4.74 Å². The Hall–Kier alpha value is -1.44. The lowest BCUT2D eigenvalue weighted by Crippen LogP contribution is -2.35. The van der Waals surface area contributed by atoms with E-state index in [1.54, 1.807) is 12.1 Å². The van der Waals surface area contributed by atoms with Crippen molar-refractivity contribution in [3.05, 3.63) is 29.8 Å². The minimum absolute atomic E-state index is 0.0245. The standard InChI is InChI=1S/C12H15NO5S/c1-17-12(14)10-4-2-3-5-11(10)19(15,16)13-9-6-7-18-8-9/h2-5,9,13H,6-8H2,1H3. The van der Waals surface area contributed by atoms with Crippen LogP contribution in [-0.4, -0.2) is 40.8 Å². The molecule has 1 unspecified atom stereocenters. The third kappa shape index (κ3) is 3.12. The first kappa shape index (κ1) is 14.0. The van der Waals surface area contributed by atoms with Crippen LogP contribution < -0.4 is 4.72 Å². The molecule has 1 aromatic rings. The smallest absolute Gasteiger partial charge is 0.339 e. The van der Waals surface area contributed by atoms with Crippen molar-refractivity contribution >= 4 is 16.0 Å². The van der Waals surface area contributed by atoms with Crippen molar-refractivity contribution in [1.29, 1.82) is 0 Å². The molecule has 0 saturated carbocycles. The summed E-state index contributed by atoms with van der Waals surface area (Å²) in [7, 11) is -2.55. The third-order valence-electron chi connectivity index (χ3n) is 2.83. The third-order valence-corrected chi connectivity index (χ3v) is 4.41. The van der Waals surface area contributed by atoms with Crippen molar-refractivity contribution in [2.45, 2.75) is 17.4 Å². The molecule has 1 N–H and O–H groups in total. The molecule has 0 bridgehead atoms. The highest BCUT2D eigenvalue weighted by Gasteiger charge is 2.27. The van der Waals surface area contributed by atoms with Gasteiger partial charge in [0.15, 0.2) is 0 Å². The molecule has 1 atom stereocenters. The van der Waals surface area contributed by atoms with Crippen molar-refractivity contribution in [3.63, 3.8) is 0 Å². The fourth-order valence-corrected chi connectivity index (χ4v) is 3.34. The molecule has 1 aromatic carbocycles. The first-order valence-electron chi connectivity index (χ1n) is 5.82. The molecule has 0 amide bonds. The highest BCUT2D eigenvalue weighted by molar-refractivity contribution is 7.89. The Morgan fingerprint density at radius 1 is 1.42 bits per heavy atom. The average Bonchev–Trinajstić information content (AvgIpc) is 2.90. The zero-order valence-electron chi connectivity index (χ0n) is 10.5. The van der Waals surface area contributed by atoms with E-state index in [1.165, 1.54) is 19.2 Å². The van der Waals surface area contributed by atoms with E-state index in [9.17, 15) is 13.2 Å². The normalized spacial score (nSPS) is 19.3. The van der Waals surface area contributed by atoms with Crippen molar-refractivity contribution in [2.75, 3.05) is 20.3 Å². The summed E-state index contributed by atoms with van der Waals surface area (Å²) < 4.78 is 36.7. The number of carbonyl (C=O) groups is 1. The number of ether oxygens (including phenoxy) is 2. The number of hydrogen-bond donors (Lipinski definition) is 1. The van der Waals surface area contributed by atoms with E-state index in [1.807, 2.05) is 0 Å². The van der Waals surface area contributed by atoms with Crippen LogP contribution in [0.5, 0.6) is 0 Å². The Morgan fingerprint density at radius 3 is 2.79 bits per heavy atom. The minimum atomic E-state index is -3.76. The minimum Gasteiger partial charge on any atom is -0.465 e. The van der Waals surface area contributed by atoms with Gasteiger partial charge in [0.05, 0.1) is 24.2 Å². The van der Waals surface area contributed by atoms with Gasteiger partial charge >= 0.3 is 5.97 Å². The molecule has 1 heterocycles. The largest absolute Gasteiger partial charge is 0.465 e. The number of carbonyl (C=O) groups excluding carboxylic acids is 1. The van der Waals surface area contributed by atoms with Crippen LogP contribution in [0.15, 0.2) is 29.2 Å². The summed E-state index contributed by atoms with van der Waals surface area (Å²) in [4.78, 5) is 11.5. The Bertz CT molecular complexity index is 563. The van der Waals surface area contributed by atoms with Gasteiger partial charge in [-0.25, -0.2) is 17.9 Å². The maximum atomic E-state index is 12.3. The first-order valence-corrected chi connectivity index (χ1v) is 7.30. The SMILES string of the molecule is COC(=O)c1ccccc1S(=O)(=O)NC1CCOC1. The van der Waals surface area contributed by atoms with Gasteiger partial charge in [0.1, 0.15) is 0 Å². The lowest BCUT2D eigenvalue weighted by molar-refractivity contribution is 0.0596. The molecule has 0 spiro atoms. The molecule has 1 aliphatic heterocycles. The first-order chi connectivity index (χ1) is 9.04. The quantitative estimate of drug-likeness (QED) is 0.817. The molecule has 1 fully saturated rings. The molecule has 0 radical (unpaired) electrons. The summed E-state index contributed by atoms with van der Waals surface area (Å²) in [6.07, 6.45) is 0.625. The van der Waals surface area contributed by atoms with Crippen LogP contribution >= 0.6 is 0 Å². The Kier molecular flexibility index (Phi) is 4.18. The molecule has 2 rings (SSSR count). The van der Waals surface area contributed by atoms with Crippen molar-refractivity contribution in [2.24, 2.45) is 0 Å². The van der Waals surface area contributed by atoms with Gasteiger partial charge in [0, 0.05) is 12.6 Å². The number of methoxy groups -OCH3 is 1. The second kappa shape index (κ2) is 5.68. The Morgan fingerprint density at radius 2 is 2.16 bits per heavy atom. The zero-order chi connectivity index (χ0) is 13.9. The summed E-state index contributed by atoms with van der Waals surface area (Å²) in [6, 6.07) is 5.70. The van der Waals surface area contributed by atoms with Crippen LogP contribution in [0.2, 0.25) is 0 Å². The maximum absolute atomic E-state index is 12.3. The topological polar surface area (TPSA) is 81.7 Å². The average molecular weight is 285 g/mol. The summed E-state index contributed by atoms with van der Waals surface area (Å²) in [5.74, 6) is -0.677. The van der Waals surface area contributed by atoms with Crippen molar-refractivity contribution in [3.8, 4) is 0 Å². The van der Waals surface area contributed by atoms with Gasteiger partial charge in [0.2, 0.25) is 10.0 Å². The summed E-state index contributed by atoms with van der Waals surface area (Å²) in [5.41, 5.74) is 0.0245.